The van der Waals surface area contributed by atoms with Gasteiger partial charge in [0.15, 0.2) is 0 Å². The zero-order chi connectivity index (χ0) is 21.2. The predicted molar refractivity (Wildman–Crippen MR) is 107 cm³/mol. The Kier molecular flexibility index (Phi) is 5.76. The van der Waals surface area contributed by atoms with E-state index in [1.807, 2.05) is 0 Å². The Balaban J connectivity index is 1.87. The number of carbonyl (C=O) groups is 1. The van der Waals surface area contributed by atoms with Crippen molar-refractivity contribution in [1.29, 1.82) is 0 Å². The Bertz CT molecular complexity index is 1220. The number of aromatic nitrogens is 2. The van der Waals surface area contributed by atoms with E-state index >= 15 is 0 Å². The monoisotopic (exact) mass is 418 g/mol. The number of anilines is 1. The van der Waals surface area contributed by atoms with Crippen LogP contribution in [0.5, 0.6) is 0 Å². The van der Waals surface area contributed by atoms with Crippen LogP contribution in [0.15, 0.2) is 52.4 Å². The van der Waals surface area contributed by atoms with Gasteiger partial charge in [0, 0.05) is 24.7 Å². The first kappa shape index (κ1) is 20.6. The molecule has 0 saturated carbocycles. The number of halogens is 1. The van der Waals surface area contributed by atoms with Crippen LogP contribution < -0.4 is 10.9 Å². The van der Waals surface area contributed by atoms with Gasteiger partial charge in [0.1, 0.15) is 5.82 Å². The van der Waals surface area contributed by atoms with Crippen molar-refractivity contribution in [2.45, 2.75) is 18.7 Å². The summed E-state index contributed by atoms with van der Waals surface area (Å²) >= 11 is 0. The molecule has 0 fully saturated rings. The zero-order valence-electron chi connectivity index (χ0n) is 15.8. The number of amides is 1. The highest BCUT2D eigenvalue weighted by Gasteiger charge is 2.22. The molecule has 10 heteroatoms. The van der Waals surface area contributed by atoms with Gasteiger partial charge in [0.25, 0.3) is 11.5 Å². The SMILES string of the molecule is CCN(CC)S(=O)(=O)c1ccc(C(=O)Nc2cc3c(=O)[nH]cnc3cc2F)cc1. The second kappa shape index (κ2) is 8.10. The Morgan fingerprint density at radius 3 is 2.45 bits per heavy atom. The van der Waals surface area contributed by atoms with Crippen LogP contribution in [0.1, 0.15) is 24.2 Å². The molecule has 29 heavy (non-hydrogen) atoms. The molecule has 0 atom stereocenters. The molecule has 0 aliphatic rings. The van der Waals surface area contributed by atoms with Crippen molar-refractivity contribution in [3.05, 3.63) is 64.5 Å². The van der Waals surface area contributed by atoms with Crippen LogP contribution in [-0.4, -0.2) is 41.7 Å². The lowest BCUT2D eigenvalue weighted by Gasteiger charge is -2.18. The van der Waals surface area contributed by atoms with Crippen molar-refractivity contribution in [3.8, 4) is 0 Å². The van der Waals surface area contributed by atoms with Crippen LogP contribution in [0, 0.1) is 5.82 Å². The van der Waals surface area contributed by atoms with E-state index in [4.69, 9.17) is 0 Å². The fourth-order valence-electron chi connectivity index (χ4n) is 2.87. The van der Waals surface area contributed by atoms with Gasteiger partial charge in [0.2, 0.25) is 10.0 Å². The largest absolute Gasteiger partial charge is 0.319 e. The number of nitrogens with zero attached hydrogens (tertiary/aromatic N) is 2. The summed E-state index contributed by atoms with van der Waals surface area (Å²) < 4.78 is 40.6. The normalized spacial score (nSPS) is 11.7. The molecule has 1 aromatic heterocycles. The molecule has 2 aromatic carbocycles. The molecule has 0 spiro atoms. The molecule has 0 radical (unpaired) electrons. The summed E-state index contributed by atoms with van der Waals surface area (Å²) in [5, 5.41) is 2.52. The first-order chi connectivity index (χ1) is 13.8. The molecular weight excluding hydrogens is 399 g/mol. The third-order valence-corrected chi connectivity index (χ3v) is 6.50. The third kappa shape index (κ3) is 4.03. The summed E-state index contributed by atoms with van der Waals surface area (Å²) in [6.45, 7) is 4.13. The minimum absolute atomic E-state index is 0.0623. The lowest BCUT2D eigenvalue weighted by atomic mass is 10.2. The molecule has 0 aliphatic carbocycles. The number of H-pyrrole nitrogens is 1. The maximum atomic E-state index is 14.3. The number of aromatic amines is 1. The molecule has 3 rings (SSSR count). The molecule has 1 amide bonds. The van der Waals surface area contributed by atoms with Gasteiger partial charge in [-0.15, -0.1) is 0 Å². The number of nitrogens with one attached hydrogen (secondary N) is 2. The first-order valence-electron chi connectivity index (χ1n) is 8.86. The minimum Gasteiger partial charge on any atom is -0.319 e. The van der Waals surface area contributed by atoms with Gasteiger partial charge in [-0.05, 0) is 30.3 Å². The number of rotatable bonds is 6. The number of sulfonamides is 1. The molecule has 2 N–H and O–H groups in total. The van der Waals surface area contributed by atoms with E-state index in [1.54, 1.807) is 13.8 Å². The predicted octanol–water partition coefficient (Wildman–Crippen LogP) is 2.34. The molecule has 0 bridgehead atoms. The Hall–Kier alpha value is -3.11. The smallest absolute Gasteiger partial charge is 0.258 e. The van der Waals surface area contributed by atoms with Crippen molar-refractivity contribution >= 4 is 32.5 Å². The quantitative estimate of drug-likeness (QED) is 0.638. The van der Waals surface area contributed by atoms with Crippen LogP contribution in [0.4, 0.5) is 10.1 Å². The summed E-state index contributed by atoms with van der Waals surface area (Å²) in [6, 6.07) is 7.60. The van der Waals surface area contributed by atoms with E-state index in [0.717, 1.165) is 12.4 Å². The molecule has 8 nitrogen and oxygen atoms in total. The van der Waals surface area contributed by atoms with Gasteiger partial charge >= 0.3 is 0 Å². The second-order valence-corrected chi connectivity index (χ2v) is 8.09. The van der Waals surface area contributed by atoms with Crippen molar-refractivity contribution in [2.24, 2.45) is 0 Å². The van der Waals surface area contributed by atoms with E-state index in [2.05, 4.69) is 15.3 Å². The molecule has 0 unspecified atom stereocenters. The molecular formula is C19H19FN4O4S. The summed E-state index contributed by atoms with van der Waals surface area (Å²) in [4.78, 5) is 30.6. The van der Waals surface area contributed by atoms with Gasteiger partial charge in [-0.3, -0.25) is 9.59 Å². The van der Waals surface area contributed by atoms with Crippen LogP contribution in [0.25, 0.3) is 10.9 Å². The number of fused-ring (bicyclic) bond motifs is 1. The third-order valence-electron chi connectivity index (χ3n) is 4.44. The van der Waals surface area contributed by atoms with Crippen molar-refractivity contribution < 1.29 is 17.6 Å². The lowest BCUT2D eigenvalue weighted by molar-refractivity contribution is 0.102. The molecule has 1 heterocycles. The summed E-state index contributed by atoms with van der Waals surface area (Å²) in [5.41, 5.74) is -0.337. The highest BCUT2D eigenvalue weighted by atomic mass is 32.2. The number of hydrogen-bond donors (Lipinski definition) is 2. The number of benzene rings is 2. The minimum atomic E-state index is -3.64. The van der Waals surface area contributed by atoms with Gasteiger partial charge in [0.05, 0.1) is 27.8 Å². The summed E-state index contributed by atoms with van der Waals surface area (Å²) in [7, 11) is -3.64. The molecule has 0 aliphatic heterocycles. The first-order valence-corrected chi connectivity index (χ1v) is 10.3. The fourth-order valence-corrected chi connectivity index (χ4v) is 4.33. The van der Waals surface area contributed by atoms with E-state index in [1.165, 1.54) is 34.6 Å². The second-order valence-electron chi connectivity index (χ2n) is 6.15. The molecule has 0 saturated heterocycles. The average molecular weight is 418 g/mol. The summed E-state index contributed by atoms with van der Waals surface area (Å²) in [6.07, 6.45) is 1.16. The molecule has 152 valence electrons. The number of hydrogen-bond acceptors (Lipinski definition) is 5. The van der Waals surface area contributed by atoms with Crippen LogP contribution in [-0.2, 0) is 10.0 Å². The van der Waals surface area contributed by atoms with Crippen LogP contribution in [0.2, 0.25) is 0 Å². The maximum absolute atomic E-state index is 14.3. The van der Waals surface area contributed by atoms with Crippen molar-refractivity contribution in [2.75, 3.05) is 18.4 Å². The van der Waals surface area contributed by atoms with Gasteiger partial charge in [-0.25, -0.2) is 17.8 Å². The van der Waals surface area contributed by atoms with E-state index in [9.17, 15) is 22.4 Å². The summed E-state index contributed by atoms with van der Waals surface area (Å²) in [5.74, 6) is -1.39. The van der Waals surface area contributed by atoms with Gasteiger partial charge < -0.3 is 10.3 Å². The highest BCUT2D eigenvalue weighted by molar-refractivity contribution is 7.89. The average Bonchev–Trinajstić information content (AvgIpc) is 2.70. The Morgan fingerprint density at radius 2 is 1.83 bits per heavy atom. The van der Waals surface area contributed by atoms with E-state index in [0.29, 0.717) is 13.1 Å². The van der Waals surface area contributed by atoms with Crippen LogP contribution >= 0.6 is 0 Å². The fraction of sp³-hybridized carbons (Fsp3) is 0.211. The van der Waals surface area contributed by atoms with E-state index < -0.39 is 27.3 Å². The topological polar surface area (TPSA) is 112 Å². The highest BCUT2D eigenvalue weighted by Crippen LogP contribution is 2.21. The lowest BCUT2D eigenvalue weighted by Crippen LogP contribution is -2.30. The Labute approximate surface area is 166 Å². The zero-order valence-corrected chi connectivity index (χ0v) is 16.6. The van der Waals surface area contributed by atoms with Crippen molar-refractivity contribution in [3.63, 3.8) is 0 Å². The standard InChI is InChI=1S/C19H19FN4O4S/c1-3-24(4-2)29(27,28)13-7-5-12(6-8-13)18(25)23-17-9-14-16(10-15(17)20)21-11-22-19(14)26/h5-11H,3-4H2,1-2H3,(H,23,25)(H,21,22,26). The van der Waals surface area contributed by atoms with Crippen molar-refractivity contribution in [1.82, 2.24) is 14.3 Å². The Morgan fingerprint density at radius 1 is 1.17 bits per heavy atom. The van der Waals surface area contributed by atoms with Gasteiger partial charge in [-0.1, -0.05) is 13.8 Å². The van der Waals surface area contributed by atoms with E-state index in [-0.39, 0.29) is 27.0 Å². The number of carbonyl (C=O) groups excluding carboxylic acids is 1. The van der Waals surface area contributed by atoms with Gasteiger partial charge in [-0.2, -0.15) is 4.31 Å². The molecule has 3 aromatic rings. The maximum Gasteiger partial charge on any atom is 0.258 e. The van der Waals surface area contributed by atoms with Crippen LogP contribution in [0.3, 0.4) is 0 Å².